The lowest BCUT2D eigenvalue weighted by molar-refractivity contribution is -0.114. The first kappa shape index (κ1) is 31.8. The van der Waals surface area contributed by atoms with Crippen LogP contribution in [0.15, 0.2) is 78.9 Å². The molecule has 0 bridgehead atoms. The summed E-state index contributed by atoms with van der Waals surface area (Å²) in [6.45, 7) is 5.83. The van der Waals surface area contributed by atoms with Gasteiger partial charge in [-0.15, -0.1) is 0 Å². The van der Waals surface area contributed by atoms with Gasteiger partial charge in [0.2, 0.25) is 5.91 Å². The number of rotatable bonds is 13. The molecule has 3 aromatic carbocycles. The Bertz CT molecular complexity index is 1280. The van der Waals surface area contributed by atoms with E-state index in [-0.39, 0.29) is 29.9 Å². The molecule has 1 heterocycles. The number of benzene rings is 3. The van der Waals surface area contributed by atoms with Crippen LogP contribution in [0.3, 0.4) is 0 Å². The zero-order chi connectivity index (χ0) is 30.4. The predicted molar refractivity (Wildman–Crippen MR) is 173 cm³/mol. The SMILES string of the molecule is CCCCCCCNC(=O)Nc1ccc(NC(C)=O)cc1C(=O)NC1CCN(C(c2ccccc2)c2ccccc2)CC1. The van der Waals surface area contributed by atoms with E-state index in [9.17, 15) is 14.4 Å². The van der Waals surface area contributed by atoms with E-state index in [4.69, 9.17) is 0 Å². The molecule has 4 rings (SSSR count). The van der Waals surface area contributed by atoms with E-state index in [1.807, 2.05) is 12.1 Å². The second kappa shape index (κ2) is 16.5. The number of hydrogen-bond donors (Lipinski definition) is 4. The third-order valence-corrected chi connectivity index (χ3v) is 7.86. The normalized spacial score (nSPS) is 13.8. The number of anilines is 2. The van der Waals surface area contributed by atoms with E-state index >= 15 is 0 Å². The highest BCUT2D eigenvalue weighted by atomic mass is 16.2. The average Bonchev–Trinajstić information content (AvgIpc) is 3.01. The third kappa shape index (κ3) is 9.68. The van der Waals surface area contributed by atoms with Crippen LogP contribution in [0, 0.1) is 0 Å². The molecule has 228 valence electrons. The van der Waals surface area contributed by atoms with Gasteiger partial charge in [0.05, 0.1) is 17.3 Å². The minimum atomic E-state index is -0.349. The fraction of sp³-hybridized carbons (Fsp3) is 0.400. The highest BCUT2D eigenvalue weighted by Gasteiger charge is 2.28. The van der Waals surface area contributed by atoms with Crippen molar-refractivity contribution in [3.05, 3.63) is 95.6 Å². The minimum absolute atomic E-state index is 0.00911. The van der Waals surface area contributed by atoms with Crippen molar-refractivity contribution in [2.75, 3.05) is 30.3 Å². The molecule has 8 heteroatoms. The number of unbranched alkanes of at least 4 members (excludes halogenated alkanes) is 4. The summed E-state index contributed by atoms with van der Waals surface area (Å²) < 4.78 is 0. The summed E-state index contributed by atoms with van der Waals surface area (Å²) in [5.41, 5.74) is 3.73. The van der Waals surface area contributed by atoms with Gasteiger partial charge in [-0.05, 0) is 48.6 Å². The molecule has 0 aromatic heterocycles. The van der Waals surface area contributed by atoms with Gasteiger partial charge in [-0.3, -0.25) is 14.5 Å². The first-order valence-corrected chi connectivity index (χ1v) is 15.6. The second-order valence-corrected chi connectivity index (χ2v) is 11.2. The molecule has 0 aliphatic carbocycles. The van der Waals surface area contributed by atoms with Gasteiger partial charge in [-0.25, -0.2) is 4.79 Å². The Morgan fingerprint density at radius 2 is 1.44 bits per heavy atom. The lowest BCUT2D eigenvalue weighted by atomic mass is 9.94. The van der Waals surface area contributed by atoms with Crippen LogP contribution >= 0.6 is 0 Å². The van der Waals surface area contributed by atoms with E-state index in [0.29, 0.717) is 23.5 Å². The van der Waals surface area contributed by atoms with Gasteiger partial charge in [-0.2, -0.15) is 0 Å². The maximum absolute atomic E-state index is 13.6. The molecule has 8 nitrogen and oxygen atoms in total. The molecule has 1 saturated heterocycles. The largest absolute Gasteiger partial charge is 0.349 e. The van der Waals surface area contributed by atoms with E-state index in [0.717, 1.165) is 45.2 Å². The van der Waals surface area contributed by atoms with Crippen molar-refractivity contribution in [1.82, 2.24) is 15.5 Å². The van der Waals surface area contributed by atoms with Gasteiger partial charge in [0.1, 0.15) is 0 Å². The molecular weight excluding hydrogens is 538 g/mol. The molecule has 4 N–H and O–H groups in total. The number of urea groups is 1. The molecule has 4 amide bonds. The molecule has 3 aromatic rings. The number of carbonyl (C=O) groups is 3. The standard InChI is InChI=1S/C35H45N5O3/c1-3-4-5-6-13-22-36-35(43)39-32-19-18-30(37-26(2)41)25-31(32)34(42)38-29-20-23-40(24-21-29)33(27-14-9-7-10-15-27)28-16-11-8-12-17-28/h7-12,14-19,25,29,33H,3-6,13,20-24H2,1-2H3,(H,37,41)(H,38,42)(H2,36,39,43). The number of carbonyl (C=O) groups excluding carboxylic acids is 3. The summed E-state index contributed by atoms with van der Waals surface area (Å²) in [6.07, 6.45) is 7.12. The summed E-state index contributed by atoms with van der Waals surface area (Å²) in [5, 5.41) is 11.7. The number of likely N-dealkylation sites (tertiary alicyclic amines) is 1. The molecule has 0 radical (unpaired) electrons. The van der Waals surface area contributed by atoms with E-state index in [1.54, 1.807) is 18.2 Å². The van der Waals surface area contributed by atoms with Crippen molar-refractivity contribution in [2.45, 2.75) is 70.9 Å². The first-order chi connectivity index (χ1) is 20.9. The first-order valence-electron chi connectivity index (χ1n) is 15.6. The number of nitrogens with one attached hydrogen (secondary N) is 4. The zero-order valence-electron chi connectivity index (χ0n) is 25.4. The van der Waals surface area contributed by atoms with Crippen LogP contribution < -0.4 is 21.3 Å². The Balaban J connectivity index is 1.40. The molecule has 0 saturated carbocycles. The number of hydrogen-bond acceptors (Lipinski definition) is 4. The maximum atomic E-state index is 13.6. The fourth-order valence-corrected chi connectivity index (χ4v) is 5.67. The molecular formula is C35H45N5O3. The summed E-state index contributed by atoms with van der Waals surface area (Å²) >= 11 is 0. The molecule has 43 heavy (non-hydrogen) atoms. The summed E-state index contributed by atoms with van der Waals surface area (Å²) in [4.78, 5) is 40.4. The molecule has 0 unspecified atom stereocenters. The summed E-state index contributed by atoms with van der Waals surface area (Å²) in [6, 6.07) is 25.8. The highest BCUT2D eigenvalue weighted by Crippen LogP contribution is 2.31. The minimum Gasteiger partial charge on any atom is -0.349 e. The van der Waals surface area contributed by atoms with Gasteiger partial charge >= 0.3 is 6.03 Å². The zero-order valence-corrected chi connectivity index (χ0v) is 25.4. The van der Waals surface area contributed by atoms with Crippen LogP contribution in [0.4, 0.5) is 16.2 Å². The van der Waals surface area contributed by atoms with Crippen molar-refractivity contribution < 1.29 is 14.4 Å². The quantitative estimate of drug-likeness (QED) is 0.168. The van der Waals surface area contributed by atoms with Gasteiger partial charge in [0.15, 0.2) is 0 Å². The average molecular weight is 584 g/mol. The maximum Gasteiger partial charge on any atom is 0.319 e. The highest BCUT2D eigenvalue weighted by molar-refractivity contribution is 6.05. The lowest BCUT2D eigenvalue weighted by Crippen LogP contribution is -2.46. The Morgan fingerprint density at radius 1 is 0.814 bits per heavy atom. The number of piperidine rings is 1. The van der Waals surface area contributed by atoms with Crippen LogP contribution in [-0.4, -0.2) is 48.4 Å². The van der Waals surface area contributed by atoms with Crippen LogP contribution in [-0.2, 0) is 4.79 Å². The van der Waals surface area contributed by atoms with Gasteiger partial charge in [-0.1, -0.05) is 93.3 Å². The third-order valence-electron chi connectivity index (χ3n) is 7.86. The number of nitrogens with zero attached hydrogens (tertiary/aromatic N) is 1. The molecule has 1 aliphatic rings. The lowest BCUT2D eigenvalue weighted by Gasteiger charge is -2.38. The Labute approximate surface area is 255 Å². The van der Waals surface area contributed by atoms with Crippen LogP contribution in [0.5, 0.6) is 0 Å². The molecule has 1 fully saturated rings. The molecule has 0 spiro atoms. The van der Waals surface area contributed by atoms with Crippen molar-refractivity contribution in [3.8, 4) is 0 Å². The van der Waals surface area contributed by atoms with Crippen molar-refractivity contribution >= 4 is 29.2 Å². The second-order valence-electron chi connectivity index (χ2n) is 11.2. The predicted octanol–water partition coefficient (Wildman–Crippen LogP) is 6.72. The molecule has 1 aliphatic heterocycles. The van der Waals surface area contributed by atoms with E-state index in [1.165, 1.54) is 30.9 Å². The van der Waals surface area contributed by atoms with Gasteiger partial charge in [0.25, 0.3) is 5.91 Å². The molecule has 0 atom stereocenters. The van der Waals surface area contributed by atoms with Crippen LogP contribution in [0.25, 0.3) is 0 Å². The fourth-order valence-electron chi connectivity index (χ4n) is 5.67. The Morgan fingerprint density at radius 3 is 2.05 bits per heavy atom. The Kier molecular flexibility index (Phi) is 12.2. The number of amides is 4. The van der Waals surface area contributed by atoms with E-state index < -0.39 is 0 Å². The van der Waals surface area contributed by atoms with Crippen LogP contribution in [0.2, 0.25) is 0 Å². The van der Waals surface area contributed by atoms with Crippen molar-refractivity contribution in [2.24, 2.45) is 0 Å². The van der Waals surface area contributed by atoms with E-state index in [2.05, 4.69) is 81.6 Å². The van der Waals surface area contributed by atoms with Crippen molar-refractivity contribution in [1.29, 1.82) is 0 Å². The summed E-state index contributed by atoms with van der Waals surface area (Å²) in [5.74, 6) is -0.505. The smallest absolute Gasteiger partial charge is 0.319 e. The topological polar surface area (TPSA) is 103 Å². The Hall–Kier alpha value is -4.17. The monoisotopic (exact) mass is 583 g/mol. The van der Waals surface area contributed by atoms with Crippen molar-refractivity contribution in [3.63, 3.8) is 0 Å². The van der Waals surface area contributed by atoms with Crippen LogP contribution in [0.1, 0.15) is 86.3 Å². The van der Waals surface area contributed by atoms with Gasteiger partial charge < -0.3 is 21.3 Å². The summed E-state index contributed by atoms with van der Waals surface area (Å²) in [7, 11) is 0. The van der Waals surface area contributed by atoms with Gasteiger partial charge in [0, 0.05) is 38.3 Å².